The molecule has 2 heterocycles. The van der Waals surface area contributed by atoms with Gasteiger partial charge in [-0.3, -0.25) is 5.32 Å². The van der Waals surface area contributed by atoms with Gasteiger partial charge in [-0.2, -0.15) is 10.2 Å². The van der Waals surface area contributed by atoms with E-state index < -0.39 is 5.41 Å². The van der Waals surface area contributed by atoms with E-state index in [1.54, 1.807) is 6.92 Å². The summed E-state index contributed by atoms with van der Waals surface area (Å²) in [4.78, 5) is 4.44. The first kappa shape index (κ1) is 21.4. The van der Waals surface area contributed by atoms with Gasteiger partial charge in [0.15, 0.2) is 11.6 Å². The zero-order chi connectivity index (χ0) is 21.0. The van der Waals surface area contributed by atoms with Crippen LogP contribution in [0.1, 0.15) is 102 Å². The Balaban J connectivity index is 2.04. The summed E-state index contributed by atoms with van der Waals surface area (Å²) in [6.45, 7) is 10.1. The first-order valence-corrected chi connectivity index (χ1v) is 10.7. The predicted octanol–water partition coefficient (Wildman–Crippen LogP) is 3.84. The van der Waals surface area contributed by atoms with Crippen LogP contribution in [0.5, 0.6) is 0 Å². The first-order valence-electron chi connectivity index (χ1n) is 10.7. The first-order chi connectivity index (χ1) is 14.0. The Bertz CT molecular complexity index is 826. The Labute approximate surface area is 172 Å². The molecule has 158 valence electrons. The van der Waals surface area contributed by atoms with E-state index in [1.165, 1.54) is 12.8 Å². The van der Waals surface area contributed by atoms with Gasteiger partial charge in [-0.25, -0.2) is 4.68 Å². The smallest absolute Gasteiger partial charge is 0.244 e. The molecule has 0 amide bonds. The molecule has 2 aromatic heterocycles. The van der Waals surface area contributed by atoms with Crippen molar-refractivity contribution in [2.24, 2.45) is 11.3 Å². The highest BCUT2D eigenvalue weighted by molar-refractivity contribution is 5.14. The lowest BCUT2D eigenvalue weighted by molar-refractivity contribution is 0.177. The summed E-state index contributed by atoms with van der Waals surface area (Å²) in [7, 11) is 0. The van der Waals surface area contributed by atoms with Gasteiger partial charge in [0.2, 0.25) is 5.89 Å². The molecule has 2 aromatic rings. The van der Waals surface area contributed by atoms with Crippen molar-refractivity contribution in [1.29, 1.82) is 5.26 Å². The van der Waals surface area contributed by atoms with Crippen molar-refractivity contribution in [2.75, 3.05) is 0 Å². The molecule has 1 N–H and O–H groups in total. The molecule has 0 saturated heterocycles. The lowest BCUT2D eigenvalue weighted by Crippen LogP contribution is -2.42. The van der Waals surface area contributed by atoms with Crippen molar-refractivity contribution in [2.45, 2.75) is 91.3 Å². The monoisotopic (exact) mass is 400 g/mol. The number of nitrogens with zero attached hydrogens (tertiary/aromatic N) is 7. The van der Waals surface area contributed by atoms with Crippen LogP contribution in [-0.4, -0.2) is 30.3 Å². The van der Waals surface area contributed by atoms with E-state index >= 15 is 0 Å². The largest absolute Gasteiger partial charge is 0.338 e. The van der Waals surface area contributed by atoms with Crippen LogP contribution in [0, 0.1) is 29.6 Å². The Hall–Kier alpha value is -2.34. The minimum atomic E-state index is -0.646. The Kier molecular flexibility index (Phi) is 6.63. The molecule has 3 rings (SSSR count). The van der Waals surface area contributed by atoms with Crippen molar-refractivity contribution in [1.82, 2.24) is 35.7 Å². The maximum atomic E-state index is 10.2. The molecular weight excluding hydrogens is 368 g/mol. The summed E-state index contributed by atoms with van der Waals surface area (Å²) >= 11 is 0. The average molecular weight is 401 g/mol. The standard InChI is InChI=1S/C20H32N8O/c1-6-20(7-2,12-21)17(18-24-26-27-28(18)15-10-8-9-11-15)23-16(13(3)4)19-22-14(5)25-29-19/h13,15-17,23H,6-11H2,1-5H3. The van der Waals surface area contributed by atoms with Gasteiger partial charge in [0, 0.05) is 0 Å². The van der Waals surface area contributed by atoms with E-state index in [4.69, 9.17) is 4.52 Å². The van der Waals surface area contributed by atoms with E-state index in [-0.39, 0.29) is 24.0 Å². The zero-order valence-corrected chi connectivity index (χ0v) is 18.1. The summed E-state index contributed by atoms with van der Waals surface area (Å²) in [5.74, 6) is 2.03. The summed E-state index contributed by atoms with van der Waals surface area (Å²) in [5.41, 5.74) is -0.646. The van der Waals surface area contributed by atoms with Crippen LogP contribution < -0.4 is 5.32 Å². The molecule has 0 aliphatic heterocycles. The van der Waals surface area contributed by atoms with Gasteiger partial charge in [0.1, 0.15) is 0 Å². The van der Waals surface area contributed by atoms with Gasteiger partial charge in [0.25, 0.3) is 0 Å². The molecule has 29 heavy (non-hydrogen) atoms. The molecule has 1 fully saturated rings. The molecule has 9 heteroatoms. The van der Waals surface area contributed by atoms with Crippen molar-refractivity contribution in [3.63, 3.8) is 0 Å². The van der Waals surface area contributed by atoms with Crippen LogP contribution >= 0.6 is 0 Å². The van der Waals surface area contributed by atoms with Gasteiger partial charge in [0.05, 0.1) is 29.6 Å². The molecule has 2 unspecified atom stereocenters. The minimum absolute atomic E-state index is 0.179. The number of hydrogen-bond donors (Lipinski definition) is 1. The van der Waals surface area contributed by atoms with E-state index in [2.05, 4.69) is 50.9 Å². The lowest BCUT2D eigenvalue weighted by atomic mass is 9.75. The average Bonchev–Trinajstić information content (AvgIpc) is 3.46. The second-order valence-electron chi connectivity index (χ2n) is 8.40. The third-order valence-corrected chi connectivity index (χ3v) is 6.31. The minimum Gasteiger partial charge on any atom is -0.338 e. The number of aryl methyl sites for hydroxylation is 1. The third kappa shape index (κ3) is 4.17. The molecule has 1 saturated carbocycles. The van der Waals surface area contributed by atoms with E-state index in [0.29, 0.717) is 24.6 Å². The predicted molar refractivity (Wildman–Crippen MR) is 106 cm³/mol. The summed E-state index contributed by atoms with van der Waals surface area (Å²) in [6.07, 6.45) is 5.87. The Morgan fingerprint density at radius 2 is 1.97 bits per heavy atom. The zero-order valence-electron chi connectivity index (χ0n) is 18.1. The van der Waals surface area contributed by atoms with E-state index in [9.17, 15) is 5.26 Å². The fourth-order valence-corrected chi connectivity index (χ4v) is 4.33. The maximum absolute atomic E-state index is 10.2. The van der Waals surface area contributed by atoms with E-state index in [0.717, 1.165) is 18.7 Å². The number of nitriles is 1. The molecular formula is C20H32N8O. The highest BCUT2D eigenvalue weighted by Gasteiger charge is 2.43. The van der Waals surface area contributed by atoms with Crippen molar-refractivity contribution in [3.05, 3.63) is 17.5 Å². The highest BCUT2D eigenvalue weighted by Crippen LogP contribution is 2.42. The number of nitrogens with one attached hydrogen (secondary N) is 1. The number of rotatable bonds is 9. The second kappa shape index (κ2) is 8.99. The van der Waals surface area contributed by atoms with Crippen LogP contribution in [0.4, 0.5) is 0 Å². The van der Waals surface area contributed by atoms with Crippen molar-refractivity contribution in [3.8, 4) is 6.07 Å². The SMILES string of the molecule is CCC(C#N)(CC)C(NC(c1nc(C)no1)C(C)C)c1nnnn1C1CCCC1. The molecule has 1 aliphatic rings. The normalized spacial score (nSPS) is 17.6. The molecule has 1 aliphatic carbocycles. The highest BCUT2D eigenvalue weighted by atomic mass is 16.5. The molecule has 0 spiro atoms. The molecule has 0 aromatic carbocycles. The van der Waals surface area contributed by atoms with Crippen LogP contribution in [0.15, 0.2) is 4.52 Å². The number of aromatic nitrogens is 6. The van der Waals surface area contributed by atoms with Gasteiger partial charge in [-0.1, -0.05) is 45.7 Å². The summed E-state index contributed by atoms with van der Waals surface area (Å²) in [5, 5.41) is 30.5. The van der Waals surface area contributed by atoms with Gasteiger partial charge in [-0.15, -0.1) is 5.10 Å². The maximum Gasteiger partial charge on any atom is 0.244 e. The second-order valence-corrected chi connectivity index (χ2v) is 8.40. The molecule has 0 bridgehead atoms. The van der Waals surface area contributed by atoms with Crippen LogP contribution in [-0.2, 0) is 0 Å². The van der Waals surface area contributed by atoms with Crippen molar-refractivity contribution < 1.29 is 4.52 Å². The van der Waals surface area contributed by atoms with Crippen LogP contribution in [0.3, 0.4) is 0 Å². The molecule has 2 atom stereocenters. The lowest BCUT2D eigenvalue weighted by Gasteiger charge is -2.36. The quantitative estimate of drug-likeness (QED) is 0.674. The van der Waals surface area contributed by atoms with Crippen molar-refractivity contribution >= 4 is 0 Å². The van der Waals surface area contributed by atoms with Crippen LogP contribution in [0.25, 0.3) is 0 Å². The van der Waals surface area contributed by atoms with Gasteiger partial charge >= 0.3 is 0 Å². The third-order valence-electron chi connectivity index (χ3n) is 6.31. The summed E-state index contributed by atoms with van der Waals surface area (Å²) < 4.78 is 7.43. The Morgan fingerprint density at radius 3 is 2.48 bits per heavy atom. The molecule has 0 radical (unpaired) electrons. The van der Waals surface area contributed by atoms with Gasteiger partial charge < -0.3 is 4.52 Å². The number of hydrogen-bond acceptors (Lipinski definition) is 8. The van der Waals surface area contributed by atoms with Crippen LogP contribution in [0.2, 0.25) is 0 Å². The Morgan fingerprint density at radius 1 is 1.28 bits per heavy atom. The number of tetrazole rings is 1. The van der Waals surface area contributed by atoms with Gasteiger partial charge in [-0.05, 0) is 49.0 Å². The molecule has 9 nitrogen and oxygen atoms in total. The topological polar surface area (TPSA) is 118 Å². The van der Waals surface area contributed by atoms with E-state index in [1.807, 2.05) is 18.5 Å². The summed E-state index contributed by atoms with van der Waals surface area (Å²) in [6, 6.07) is 2.32. The fourth-order valence-electron chi connectivity index (χ4n) is 4.33. The fraction of sp³-hybridized carbons (Fsp3) is 0.800.